The molecule has 1 aromatic rings. The van der Waals surface area contributed by atoms with Gasteiger partial charge in [-0.05, 0) is 12.1 Å². The average molecular weight is 529 g/mol. The number of alkyl halides is 18. The third-order valence-electron chi connectivity index (χ3n) is 3.98. The van der Waals surface area contributed by atoms with Crippen LogP contribution in [-0.2, 0) is 17.0 Å². The molecular formula is C14H3F18O. The summed E-state index contributed by atoms with van der Waals surface area (Å²) in [6, 6.07) is -2.22. The summed E-state index contributed by atoms with van der Waals surface area (Å²) < 4.78 is 233. The zero-order valence-electron chi connectivity index (χ0n) is 14.4. The van der Waals surface area contributed by atoms with Crippen molar-refractivity contribution in [2.75, 3.05) is 0 Å². The molecule has 0 aromatic heterocycles. The smallest absolute Gasteiger partial charge is 0.289 e. The number of benzene rings is 1. The van der Waals surface area contributed by atoms with Crippen molar-refractivity contribution in [3.63, 3.8) is 0 Å². The molecule has 0 N–H and O–H groups in total. The lowest BCUT2D eigenvalue weighted by molar-refractivity contribution is -0.401. The van der Waals surface area contributed by atoms with Gasteiger partial charge in [0, 0.05) is 0 Å². The molecule has 0 bridgehead atoms. The highest BCUT2D eigenvalue weighted by atomic mass is 19.4. The van der Waals surface area contributed by atoms with Gasteiger partial charge < -0.3 is 0 Å². The Morgan fingerprint density at radius 1 is 0.424 bits per heavy atom. The van der Waals surface area contributed by atoms with Crippen LogP contribution in [0.4, 0.5) is 79.0 Å². The Labute approximate surface area is 168 Å². The fraction of sp³-hybridized carbons (Fsp3) is 0.571. The minimum atomic E-state index is -7.68. The van der Waals surface area contributed by atoms with Crippen LogP contribution in [0.25, 0.3) is 0 Å². The van der Waals surface area contributed by atoms with E-state index in [4.69, 9.17) is 0 Å². The maximum Gasteiger partial charge on any atom is 0.460 e. The second kappa shape index (κ2) is 7.38. The van der Waals surface area contributed by atoms with Gasteiger partial charge in [-0.3, -0.25) is 5.11 Å². The minimum Gasteiger partial charge on any atom is -0.289 e. The largest absolute Gasteiger partial charge is 0.460 e. The molecule has 0 heterocycles. The fourth-order valence-corrected chi connectivity index (χ4v) is 2.12. The van der Waals surface area contributed by atoms with Crippen LogP contribution < -0.4 is 0 Å². The molecular weight excluding hydrogens is 526 g/mol. The molecule has 1 aromatic carbocycles. The predicted octanol–water partition coefficient (Wildman–Crippen LogP) is 7.68. The molecule has 1 nitrogen and oxygen atoms in total. The number of hydrogen-bond donors (Lipinski definition) is 0. The van der Waals surface area contributed by atoms with E-state index in [0.29, 0.717) is 0 Å². The molecule has 19 heteroatoms. The molecule has 191 valence electrons. The summed E-state index contributed by atoms with van der Waals surface area (Å²) in [5.74, 6) is -48.5. The first-order chi connectivity index (χ1) is 14.1. The summed E-state index contributed by atoms with van der Waals surface area (Å²) in [7, 11) is 0. The number of para-hydroxylation sites is 1. The van der Waals surface area contributed by atoms with E-state index in [2.05, 4.69) is 0 Å². The van der Waals surface area contributed by atoms with E-state index in [0.717, 1.165) is 0 Å². The highest BCUT2D eigenvalue weighted by Crippen LogP contribution is 2.61. The van der Waals surface area contributed by atoms with E-state index < -0.39 is 83.0 Å². The Morgan fingerprint density at radius 3 is 0.879 bits per heavy atom. The molecule has 0 saturated carbocycles. The first-order valence-electron chi connectivity index (χ1n) is 7.35. The first-order valence-corrected chi connectivity index (χ1v) is 7.35. The molecule has 0 aliphatic heterocycles. The van der Waals surface area contributed by atoms with Crippen LogP contribution in [0.5, 0.6) is 5.75 Å². The fourth-order valence-electron chi connectivity index (χ4n) is 2.12. The lowest BCUT2D eigenvalue weighted by Crippen LogP contribution is -2.60. The molecule has 1 rings (SSSR count). The van der Waals surface area contributed by atoms with E-state index in [1.165, 1.54) is 0 Å². The molecule has 0 unspecified atom stereocenters. The van der Waals surface area contributed by atoms with Gasteiger partial charge in [0.15, 0.2) is 5.75 Å². The van der Waals surface area contributed by atoms with Crippen LogP contribution >= 0.6 is 0 Å². The van der Waals surface area contributed by atoms with Gasteiger partial charge in [-0.15, -0.1) is 0 Å². The van der Waals surface area contributed by atoms with Crippen LogP contribution in [-0.4, -0.2) is 36.0 Å². The van der Waals surface area contributed by atoms with Crippen molar-refractivity contribution in [2.24, 2.45) is 0 Å². The van der Waals surface area contributed by atoms with E-state index in [1.807, 2.05) is 0 Å². The maximum atomic E-state index is 13.8. The highest BCUT2D eigenvalue weighted by molar-refractivity contribution is 5.47. The van der Waals surface area contributed by atoms with Gasteiger partial charge in [0.25, 0.3) is 0 Å². The normalized spacial score (nSPS) is 15.7. The zero-order valence-corrected chi connectivity index (χ0v) is 14.4. The number of halogens is 18. The van der Waals surface area contributed by atoms with Gasteiger partial charge in [-0.2, -0.15) is 79.0 Å². The third-order valence-corrected chi connectivity index (χ3v) is 3.98. The van der Waals surface area contributed by atoms with Gasteiger partial charge in [-0.1, -0.05) is 6.07 Å². The first kappa shape index (κ1) is 28.8. The molecule has 0 fully saturated rings. The lowest BCUT2D eigenvalue weighted by Gasteiger charge is -2.35. The Morgan fingerprint density at radius 2 is 0.667 bits per heavy atom. The Bertz CT molecular complexity index is 809. The molecule has 0 spiro atoms. The highest BCUT2D eigenvalue weighted by Gasteiger charge is 2.84. The van der Waals surface area contributed by atoms with Crippen molar-refractivity contribution in [3.05, 3.63) is 29.3 Å². The molecule has 1 radical (unpaired) electrons. The number of rotatable bonds is 6. The van der Waals surface area contributed by atoms with E-state index in [1.54, 1.807) is 0 Å². The summed E-state index contributed by atoms with van der Waals surface area (Å²) >= 11 is 0. The number of hydrogen-bond acceptors (Lipinski definition) is 0. The van der Waals surface area contributed by atoms with Crippen LogP contribution in [0, 0.1) is 0 Å². The monoisotopic (exact) mass is 529 g/mol. The molecule has 33 heavy (non-hydrogen) atoms. The average Bonchev–Trinajstić information content (AvgIpc) is 2.58. The topological polar surface area (TPSA) is 19.9 Å². The quantitative estimate of drug-likeness (QED) is 0.337. The molecule has 0 saturated heterocycles. The van der Waals surface area contributed by atoms with Crippen LogP contribution in [0.3, 0.4) is 0 Å². The second-order valence-corrected chi connectivity index (χ2v) is 6.12. The Kier molecular flexibility index (Phi) is 6.44. The molecule has 0 atom stereocenters. The van der Waals surface area contributed by atoms with Crippen molar-refractivity contribution in [2.45, 2.75) is 47.9 Å². The van der Waals surface area contributed by atoms with Gasteiger partial charge in [-0.25, -0.2) is 0 Å². The predicted molar refractivity (Wildman–Crippen MR) is 66.3 cm³/mol. The lowest BCUT2D eigenvalue weighted by atomic mass is 9.90. The van der Waals surface area contributed by atoms with Gasteiger partial charge in [0.1, 0.15) is 0 Å². The summed E-state index contributed by atoms with van der Waals surface area (Å²) in [4.78, 5) is 0. The maximum absolute atomic E-state index is 13.8. The van der Waals surface area contributed by atoms with Crippen LogP contribution in [0.1, 0.15) is 11.1 Å². The van der Waals surface area contributed by atoms with Crippen molar-refractivity contribution in [1.82, 2.24) is 0 Å². The van der Waals surface area contributed by atoms with E-state index >= 15 is 0 Å². The van der Waals surface area contributed by atoms with Crippen LogP contribution in [0.15, 0.2) is 18.2 Å². The second-order valence-electron chi connectivity index (χ2n) is 6.12. The Hall–Kier alpha value is -2.24. The van der Waals surface area contributed by atoms with Crippen molar-refractivity contribution in [1.29, 1.82) is 0 Å². The molecule has 0 amide bonds. The van der Waals surface area contributed by atoms with E-state index in [-0.39, 0.29) is 0 Å². The zero-order chi connectivity index (χ0) is 26.9. The summed E-state index contributed by atoms with van der Waals surface area (Å²) in [6.07, 6.45) is -14.9. The molecule has 0 aliphatic rings. The van der Waals surface area contributed by atoms with Crippen molar-refractivity contribution >= 4 is 0 Å². The van der Waals surface area contributed by atoms with Gasteiger partial charge >= 0.3 is 47.9 Å². The Balaban J connectivity index is 3.83. The van der Waals surface area contributed by atoms with Crippen molar-refractivity contribution in [3.8, 4) is 5.75 Å². The van der Waals surface area contributed by atoms with Crippen molar-refractivity contribution < 1.29 is 84.1 Å². The van der Waals surface area contributed by atoms with Crippen LogP contribution in [0.2, 0.25) is 0 Å². The van der Waals surface area contributed by atoms with E-state index in [9.17, 15) is 84.1 Å². The van der Waals surface area contributed by atoms with Gasteiger partial charge in [0.05, 0.1) is 11.1 Å². The standard InChI is InChI=1S/C14H3F18O/c15-7(16,9(19,20)11(23,24)13(27,28)29)4-2-1-3-5(6(4)33)8(17,18)10(21,22)12(25,26)14(30,31)32/h1-3H. The minimum absolute atomic E-state index is 0.558. The van der Waals surface area contributed by atoms with Gasteiger partial charge in [0.2, 0.25) is 0 Å². The SMILES string of the molecule is [O]c1c(C(F)(F)C(F)(F)C(F)(F)C(F)(F)F)cccc1C(F)(F)C(F)(F)C(F)(F)C(F)(F)F. The summed E-state index contributed by atoms with van der Waals surface area (Å²) in [6.45, 7) is 0. The summed E-state index contributed by atoms with van der Waals surface area (Å²) in [5.41, 5.74) is -6.92. The molecule has 0 aliphatic carbocycles. The summed E-state index contributed by atoms with van der Waals surface area (Å²) in [5, 5.41) is 11.6. The third kappa shape index (κ3) is 3.79.